The van der Waals surface area contributed by atoms with E-state index in [1.165, 1.54) is 11.8 Å². The van der Waals surface area contributed by atoms with Crippen LogP contribution in [0.3, 0.4) is 0 Å². The minimum atomic E-state index is -0.594. The van der Waals surface area contributed by atoms with Gasteiger partial charge in [-0.3, -0.25) is 9.59 Å². The summed E-state index contributed by atoms with van der Waals surface area (Å²) in [6.07, 6.45) is 1.63. The van der Waals surface area contributed by atoms with Gasteiger partial charge in [-0.05, 0) is 48.2 Å². The van der Waals surface area contributed by atoms with Crippen molar-refractivity contribution in [3.63, 3.8) is 0 Å². The number of nitrogens with zero attached hydrogens (tertiary/aromatic N) is 1. The third-order valence-corrected chi connectivity index (χ3v) is 4.41. The number of nitrogens with one attached hydrogen (secondary N) is 1. The molecule has 3 rings (SSSR count). The average molecular weight is 388 g/mol. The molecule has 0 radical (unpaired) electrons. The Bertz CT molecular complexity index is 913. The van der Waals surface area contributed by atoms with E-state index < -0.39 is 5.91 Å². The standard InChI is InChI=1S/C18H14ClN3O3S/c19-12-6-7-14(25-10-16(20)23)11(8-12)9-15-17(24)22-18(26-15)21-13-4-2-1-3-5-13/h1-9H,10H2,(H2,20,23)(H,21,22,24)/b15-9-. The Kier molecular flexibility index (Phi) is 5.60. The van der Waals surface area contributed by atoms with Gasteiger partial charge in [0.25, 0.3) is 11.8 Å². The number of carbonyl (C=O) groups is 2. The van der Waals surface area contributed by atoms with E-state index in [9.17, 15) is 9.59 Å². The number of carbonyl (C=O) groups excluding carboxylic acids is 2. The number of hydrogen-bond acceptors (Lipinski definition) is 5. The second kappa shape index (κ2) is 8.07. The summed E-state index contributed by atoms with van der Waals surface area (Å²) in [7, 11) is 0. The Morgan fingerprint density at radius 1 is 1.27 bits per heavy atom. The van der Waals surface area contributed by atoms with E-state index in [1.54, 1.807) is 24.3 Å². The summed E-state index contributed by atoms with van der Waals surface area (Å²) in [5.41, 5.74) is 6.42. The highest BCUT2D eigenvalue weighted by atomic mass is 35.5. The highest BCUT2D eigenvalue weighted by Gasteiger charge is 2.24. The van der Waals surface area contributed by atoms with Gasteiger partial charge in [0.05, 0.1) is 10.6 Å². The van der Waals surface area contributed by atoms with Gasteiger partial charge in [0, 0.05) is 10.6 Å². The van der Waals surface area contributed by atoms with Gasteiger partial charge >= 0.3 is 0 Å². The zero-order chi connectivity index (χ0) is 18.5. The monoisotopic (exact) mass is 387 g/mol. The van der Waals surface area contributed by atoms with Crippen molar-refractivity contribution < 1.29 is 14.3 Å². The number of ether oxygens (including phenoxy) is 1. The van der Waals surface area contributed by atoms with Crippen molar-refractivity contribution in [2.24, 2.45) is 10.7 Å². The summed E-state index contributed by atoms with van der Waals surface area (Å²) in [5.74, 6) is -0.461. The van der Waals surface area contributed by atoms with Crippen LogP contribution in [0.5, 0.6) is 5.75 Å². The van der Waals surface area contributed by atoms with Crippen molar-refractivity contribution in [3.8, 4) is 5.75 Å². The second-order valence-electron chi connectivity index (χ2n) is 5.25. The lowest BCUT2D eigenvalue weighted by Gasteiger charge is -2.08. The SMILES string of the molecule is NC(=O)COc1ccc(Cl)cc1/C=C1\SC(=Nc2ccccc2)NC1=O. The molecule has 2 aromatic rings. The van der Waals surface area contributed by atoms with Crippen LogP contribution in [0.25, 0.3) is 6.08 Å². The molecule has 0 spiro atoms. The molecule has 1 saturated heterocycles. The lowest BCUT2D eigenvalue weighted by molar-refractivity contribution is -0.120. The molecule has 0 aliphatic carbocycles. The molecular formula is C18H14ClN3O3S. The smallest absolute Gasteiger partial charge is 0.264 e. The van der Waals surface area contributed by atoms with Crippen LogP contribution in [0.1, 0.15) is 5.56 Å². The van der Waals surface area contributed by atoms with Gasteiger partial charge in [0.15, 0.2) is 11.8 Å². The molecule has 26 heavy (non-hydrogen) atoms. The molecule has 1 aliphatic heterocycles. The predicted octanol–water partition coefficient (Wildman–Crippen LogP) is 3.10. The summed E-state index contributed by atoms with van der Waals surface area (Å²) in [6.45, 7) is -0.266. The molecule has 1 aliphatic rings. The van der Waals surface area contributed by atoms with Crippen LogP contribution >= 0.6 is 23.4 Å². The van der Waals surface area contributed by atoms with E-state index in [1.807, 2.05) is 30.3 Å². The number of aliphatic imine (C=N–C) groups is 1. The average Bonchev–Trinajstić information content (AvgIpc) is 2.94. The Morgan fingerprint density at radius 2 is 2.04 bits per heavy atom. The molecule has 1 heterocycles. The fraction of sp³-hybridized carbons (Fsp3) is 0.0556. The van der Waals surface area contributed by atoms with Gasteiger partial charge in [0.1, 0.15) is 5.75 Å². The fourth-order valence-corrected chi connectivity index (χ4v) is 3.17. The lowest BCUT2D eigenvalue weighted by atomic mass is 10.2. The van der Waals surface area contributed by atoms with E-state index in [4.69, 9.17) is 22.1 Å². The molecule has 0 unspecified atom stereocenters. The Labute approximate surface area is 159 Å². The highest BCUT2D eigenvalue weighted by molar-refractivity contribution is 8.18. The van der Waals surface area contributed by atoms with Gasteiger partial charge in [-0.1, -0.05) is 29.8 Å². The molecule has 1 fully saturated rings. The van der Waals surface area contributed by atoms with Gasteiger partial charge in [-0.25, -0.2) is 4.99 Å². The van der Waals surface area contributed by atoms with E-state index >= 15 is 0 Å². The van der Waals surface area contributed by atoms with Gasteiger partial charge in [0.2, 0.25) is 0 Å². The number of benzene rings is 2. The molecule has 6 nitrogen and oxygen atoms in total. The summed E-state index contributed by atoms with van der Waals surface area (Å²) in [4.78, 5) is 28.0. The summed E-state index contributed by atoms with van der Waals surface area (Å²) < 4.78 is 5.37. The van der Waals surface area contributed by atoms with Crippen molar-refractivity contribution in [2.45, 2.75) is 0 Å². The van der Waals surface area contributed by atoms with Crippen molar-refractivity contribution >= 4 is 52.1 Å². The molecule has 132 valence electrons. The quantitative estimate of drug-likeness (QED) is 0.771. The number of halogens is 1. The first-order valence-corrected chi connectivity index (χ1v) is 8.76. The normalized spacial score (nSPS) is 16.7. The largest absolute Gasteiger partial charge is 0.483 e. The topological polar surface area (TPSA) is 93.8 Å². The van der Waals surface area contributed by atoms with Crippen LogP contribution in [0, 0.1) is 0 Å². The van der Waals surface area contributed by atoms with Crippen molar-refractivity contribution in [1.29, 1.82) is 0 Å². The fourth-order valence-electron chi connectivity index (χ4n) is 2.15. The number of amidine groups is 1. The maximum atomic E-state index is 12.2. The number of hydrogen-bond donors (Lipinski definition) is 2. The van der Waals surface area contributed by atoms with Crippen LogP contribution in [-0.4, -0.2) is 23.6 Å². The zero-order valence-electron chi connectivity index (χ0n) is 13.4. The van der Waals surface area contributed by atoms with E-state index in [2.05, 4.69) is 10.3 Å². The number of thioether (sulfide) groups is 1. The summed E-state index contributed by atoms with van der Waals surface area (Å²) in [5, 5.41) is 3.67. The number of rotatable bonds is 5. The van der Waals surface area contributed by atoms with E-state index in [-0.39, 0.29) is 12.5 Å². The molecule has 8 heteroatoms. The van der Waals surface area contributed by atoms with Crippen LogP contribution < -0.4 is 15.8 Å². The Morgan fingerprint density at radius 3 is 2.77 bits per heavy atom. The molecule has 0 atom stereocenters. The molecule has 2 aromatic carbocycles. The summed E-state index contributed by atoms with van der Waals surface area (Å²) >= 11 is 7.24. The van der Waals surface area contributed by atoms with E-state index in [0.29, 0.717) is 26.4 Å². The lowest BCUT2D eigenvalue weighted by Crippen LogP contribution is -2.20. The first-order valence-electron chi connectivity index (χ1n) is 7.56. The molecular weight excluding hydrogens is 374 g/mol. The van der Waals surface area contributed by atoms with Gasteiger partial charge in [-0.15, -0.1) is 0 Å². The Balaban J connectivity index is 1.86. The second-order valence-corrected chi connectivity index (χ2v) is 6.72. The molecule has 3 N–H and O–H groups in total. The van der Waals surface area contributed by atoms with Crippen molar-refractivity contribution in [1.82, 2.24) is 5.32 Å². The maximum Gasteiger partial charge on any atom is 0.264 e. The van der Waals surface area contributed by atoms with Gasteiger partial charge < -0.3 is 15.8 Å². The molecule has 0 aromatic heterocycles. The van der Waals surface area contributed by atoms with Crippen LogP contribution in [-0.2, 0) is 9.59 Å². The zero-order valence-corrected chi connectivity index (χ0v) is 15.0. The number of amides is 2. The van der Waals surface area contributed by atoms with Crippen LogP contribution in [0.4, 0.5) is 5.69 Å². The number of primary amides is 1. The predicted molar refractivity (Wildman–Crippen MR) is 103 cm³/mol. The first kappa shape index (κ1) is 18.0. The van der Waals surface area contributed by atoms with Crippen molar-refractivity contribution in [3.05, 3.63) is 64.0 Å². The third-order valence-electron chi connectivity index (χ3n) is 3.27. The number of para-hydroxylation sites is 1. The Hall–Kier alpha value is -2.77. The van der Waals surface area contributed by atoms with Crippen LogP contribution in [0.2, 0.25) is 5.02 Å². The molecule has 0 saturated carbocycles. The van der Waals surface area contributed by atoms with E-state index in [0.717, 1.165) is 5.69 Å². The first-order chi connectivity index (χ1) is 12.5. The molecule has 2 amide bonds. The third kappa shape index (κ3) is 4.65. The minimum Gasteiger partial charge on any atom is -0.483 e. The minimum absolute atomic E-state index is 0.266. The van der Waals surface area contributed by atoms with Crippen LogP contribution in [0.15, 0.2) is 58.4 Å². The van der Waals surface area contributed by atoms with Crippen molar-refractivity contribution in [2.75, 3.05) is 6.61 Å². The molecule has 0 bridgehead atoms. The maximum absolute atomic E-state index is 12.2. The van der Waals surface area contributed by atoms with Gasteiger partial charge in [-0.2, -0.15) is 0 Å². The highest BCUT2D eigenvalue weighted by Crippen LogP contribution is 2.31. The summed E-state index contributed by atoms with van der Waals surface area (Å²) in [6, 6.07) is 14.2. The number of nitrogens with two attached hydrogens (primary N) is 1.